The van der Waals surface area contributed by atoms with Gasteiger partial charge in [-0.25, -0.2) is 9.07 Å². The third-order valence-electron chi connectivity index (χ3n) is 3.77. The molecule has 1 aliphatic rings. The van der Waals surface area contributed by atoms with Crippen LogP contribution in [0.5, 0.6) is 0 Å². The lowest BCUT2D eigenvalue weighted by atomic mass is 9.84. The Kier molecular flexibility index (Phi) is 3.71. The van der Waals surface area contributed by atoms with Crippen molar-refractivity contribution in [2.24, 2.45) is 0 Å². The Hall–Kier alpha value is -2.56. The Morgan fingerprint density at radius 3 is 2.68 bits per heavy atom. The molecule has 0 spiro atoms. The first kappa shape index (κ1) is 14.4. The molecule has 114 valence electrons. The molecule has 0 aliphatic carbocycles. The summed E-state index contributed by atoms with van der Waals surface area (Å²) in [7, 11) is 0. The van der Waals surface area contributed by atoms with Crippen molar-refractivity contribution < 1.29 is 4.39 Å². The minimum absolute atomic E-state index is 0.155. The monoisotopic (exact) mass is 298 g/mol. The van der Waals surface area contributed by atoms with Crippen LogP contribution in [-0.4, -0.2) is 21.3 Å². The Morgan fingerprint density at radius 2 is 2.00 bits per heavy atom. The predicted octanol–water partition coefficient (Wildman–Crippen LogP) is 3.13. The van der Waals surface area contributed by atoms with Crippen LogP contribution >= 0.6 is 0 Å². The minimum atomic E-state index is -0.212. The summed E-state index contributed by atoms with van der Waals surface area (Å²) in [5, 5.41) is 6.33. The molecule has 4 nitrogen and oxygen atoms in total. The van der Waals surface area contributed by atoms with Gasteiger partial charge in [-0.15, -0.1) is 0 Å². The Balaban J connectivity index is 1.83. The summed E-state index contributed by atoms with van der Waals surface area (Å²) < 4.78 is 14.9. The predicted molar refractivity (Wildman–Crippen MR) is 84.9 cm³/mol. The summed E-state index contributed by atoms with van der Waals surface area (Å²) >= 11 is 0. The van der Waals surface area contributed by atoms with Gasteiger partial charge in [-0.1, -0.05) is 26.0 Å². The molecule has 1 aromatic heterocycles. The van der Waals surface area contributed by atoms with E-state index in [4.69, 9.17) is 0 Å². The molecule has 0 unspecified atom stereocenters. The summed E-state index contributed by atoms with van der Waals surface area (Å²) in [5.74, 6) is 0.735. The number of nitrogens with one attached hydrogen (secondary N) is 1. The molecule has 1 N–H and O–H groups in total. The topological polar surface area (TPSA) is 33.1 Å². The lowest BCUT2D eigenvalue weighted by Crippen LogP contribution is -2.44. The van der Waals surface area contributed by atoms with Gasteiger partial charge in [0.15, 0.2) is 0 Å². The zero-order valence-corrected chi connectivity index (χ0v) is 12.7. The number of aromatic nitrogens is 2. The van der Waals surface area contributed by atoms with Gasteiger partial charge in [0.25, 0.3) is 0 Å². The number of halogens is 1. The minimum Gasteiger partial charge on any atom is -0.304 e. The third-order valence-corrected chi connectivity index (χ3v) is 3.77. The van der Waals surface area contributed by atoms with E-state index in [9.17, 15) is 4.39 Å². The second kappa shape index (κ2) is 5.67. The first-order valence-electron chi connectivity index (χ1n) is 7.23. The maximum atomic E-state index is 13.1. The number of benzene rings is 1. The first-order valence-corrected chi connectivity index (χ1v) is 7.23. The zero-order chi connectivity index (χ0) is 15.6. The van der Waals surface area contributed by atoms with E-state index >= 15 is 0 Å². The molecule has 2 heterocycles. The fraction of sp³-hybridized carbons (Fsp3) is 0.235. The molecule has 0 fully saturated rings. The average molecular weight is 298 g/mol. The van der Waals surface area contributed by atoms with E-state index < -0.39 is 0 Å². The van der Waals surface area contributed by atoms with E-state index in [2.05, 4.69) is 24.4 Å². The van der Waals surface area contributed by atoms with Gasteiger partial charge in [-0.05, 0) is 35.9 Å². The molecular weight excluding hydrogens is 279 g/mol. The van der Waals surface area contributed by atoms with Gasteiger partial charge in [0, 0.05) is 24.0 Å². The summed E-state index contributed by atoms with van der Waals surface area (Å²) in [6.07, 6.45) is 9.49. The van der Waals surface area contributed by atoms with Crippen LogP contribution in [0, 0.1) is 5.82 Å². The summed E-state index contributed by atoms with van der Waals surface area (Å²) in [5.41, 5.74) is 4.18. The van der Waals surface area contributed by atoms with Crippen molar-refractivity contribution >= 4 is 5.82 Å². The number of hydrazine groups is 1. The lowest BCUT2D eigenvalue weighted by Gasteiger charge is -2.36. The van der Waals surface area contributed by atoms with Crippen molar-refractivity contribution in [3.8, 4) is 0 Å². The Bertz CT molecular complexity index is 684. The zero-order valence-electron chi connectivity index (χ0n) is 12.7. The normalized spacial score (nSPS) is 14.7. The SMILES string of the molecule is CC(C)(CN1NC=CC=C1n1cccn1)c1ccc(F)cc1. The molecule has 22 heavy (non-hydrogen) atoms. The number of hydrogen-bond donors (Lipinski definition) is 1. The largest absolute Gasteiger partial charge is 0.304 e. The van der Waals surface area contributed by atoms with Gasteiger partial charge in [-0.3, -0.25) is 5.01 Å². The van der Waals surface area contributed by atoms with Crippen LogP contribution < -0.4 is 5.43 Å². The van der Waals surface area contributed by atoms with E-state index in [1.807, 2.05) is 52.4 Å². The fourth-order valence-corrected chi connectivity index (χ4v) is 2.54. The van der Waals surface area contributed by atoms with Crippen LogP contribution in [0.4, 0.5) is 4.39 Å². The number of nitrogens with zero attached hydrogens (tertiary/aromatic N) is 3. The highest BCUT2D eigenvalue weighted by molar-refractivity contribution is 5.47. The second-order valence-electron chi connectivity index (χ2n) is 5.94. The molecular formula is C17H19FN4. The standard InChI is InChI=1S/C17H19FN4/c1-17(2,14-6-8-15(18)9-7-14)13-22-16(5-3-10-20-22)21-12-4-11-19-21/h3-12,20H,13H2,1-2H3. The molecule has 0 amide bonds. The summed E-state index contributed by atoms with van der Waals surface area (Å²) in [4.78, 5) is 0. The molecule has 0 bridgehead atoms. The molecule has 0 saturated heterocycles. The highest BCUT2D eigenvalue weighted by atomic mass is 19.1. The number of hydrogen-bond acceptors (Lipinski definition) is 3. The molecule has 2 aromatic rings. The highest BCUT2D eigenvalue weighted by Gasteiger charge is 2.26. The van der Waals surface area contributed by atoms with Crippen LogP contribution in [0.3, 0.4) is 0 Å². The highest BCUT2D eigenvalue weighted by Crippen LogP contribution is 2.26. The summed E-state index contributed by atoms with van der Waals surface area (Å²) in [6, 6.07) is 8.58. The average Bonchev–Trinajstić information content (AvgIpc) is 3.02. The molecule has 0 saturated carbocycles. The van der Waals surface area contributed by atoms with Crippen LogP contribution in [-0.2, 0) is 5.41 Å². The van der Waals surface area contributed by atoms with Gasteiger partial charge in [0.2, 0.25) is 0 Å². The van der Waals surface area contributed by atoms with Gasteiger partial charge < -0.3 is 5.43 Å². The maximum absolute atomic E-state index is 13.1. The maximum Gasteiger partial charge on any atom is 0.148 e. The molecule has 0 radical (unpaired) electrons. The van der Waals surface area contributed by atoms with E-state index in [-0.39, 0.29) is 11.2 Å². The third kappa shape index (κ3) is 2.88. The van der Waals surface area contributed by atoms with Crippen molar-refractivity contribution in [2.75, 3.05) is 6.54 Å². The van der Waals surface area contributed by atoms with E-state index in [1.54, 1.807) is 6.20 Å². The Morgan fingerprint density at radius 1 is 1.23 bits per heavy atom. The quantitative estimate of drug-likeness (QED) is 0.941. The van der Waals surface area contributed by atoms with E-state index in [1.165, 1.54) is 12.1 Å². The van der Waals surface area contributed by atoms with E-state index in [0.717, 1.165) is 11.4 Å². The second-order valence-corrected chi connectivity index (χ2v) is 5.94. The van der Waals surface area contributed by atoms with Crippen molar-refractivity contribution in [1.29, 1.82) is 0 Å². The van der Waals surface area contributed by atoms with Gasteiger partial charge >= 0.3 is 0 Å². The molecule has 0 atom stereocenters. The van der Waals surface area contributed by atoms with Crippen molar-refractivity contribution in [3.63, 3.8) is 0 Å². The fourth-order valence-electron chi connectivity index (χ4n) is 2.54. The van der Waals surface area contributed by atoms with Crippen LogP contribution in [0.2, 0.25) is 0 Å². The number of allylic oxidation sites excluding steroid dienone is 2. The van der Waals surface area contributed by atoms with Crippen molar-refractivity contribution in [3.05, 3.63) is 72.5 Å². The smallest absolute Gasteiger partial charge is 0.148 e. The van der Waals surface area contributed by atoms with Gasteiger partial charge in [0.05, 0.1) is 6.54 Å². The van der Waals surface area contributed by atoms with Crippen LogP contribution in [0.1, 0.15) is 19.4 Å². The molecule has 3 rings (SSSR count). The van der Waals surface area contributed by atoms with Gasteiger partial charge in [0.1, 0.15) is 11.6 Å². The van der Waals surface area contributed by atoms with Gasteiger partial charge in [-0.2, -0.15) is 5.10 Å². The molecule has 5 heteroatoms. The summed E-state index contributed by atoms with van der Waals surface area (Å²) in [6.45, 7) is 5.00. The molecule has 1 aromatic carbocycles. The van der Waals surface area contributed by atoms with Crippen LogP contribution in [0.15, 0.2) is 61.1 Å². The van der Waals surface area contributed by atoms with Crippen molar-refractivity contribution in [1.82, 2.24) is 20.2 Å². The Labute approximate surface area is 129 Å². The van der Waals surface area contributed by atoms with E-state index in [0.29, 0.717) is 6.54 Å². The lowest BCUT2D eigenvalue weighted by molar-refractivity contribution is 0.253. The molecule has 1 aliphatic heterocycles. The van der Waals surface area contributed by atoms with Crippen LogP contribution in [0.25, 0.3) is 5.82 Å². The van der Waals surface area contributed by atoms with Crippen molar-refractivity contribution in [2.45, 2.75) is 19.3 Å². The number of rotatable bonds is 4. The first-order chi connectivity index (χ1) is 10.6.